The van der Waals surface area contributed by atoms with Crippen LogP contribution in [0.1, 0.15) is 27.6 Å². The summed E-state index contributed by atoms with van der Waals surface area (Å²) in [5.41, 5.74) is 4.22. The van der Waals surface area contributed by atoms with Gasteiger partial charge in [0.25, 0.3) is 5.91 Å². The van der Waals surface area contributed by atoms with Crippen LogP contribution in [0, 0.1) is 13.8 Å². The Hall–Kier alpha value is -3.05. The maximum atomic E-state index is 13.1. The average molecular weight is 405 g/mol. The molecule has 0 aliphatic heterocycles. The van der Waals surface area contributed by atoms with Gasteiger partial charge in [0.1, 0.15) is 5.75 Å². The predicted molar refractivity (Wildman–Crippen MR) is 119 cm³/mol. The smallest absolute Gasteiger partial charge is 0.261 e. The summed E-state index contributed by atoms with van der Waals surface area (Å²) in [5, 5.41) is 3.17. The van der Waals surface area contributed by atoms with E-state index in [9.17, 15) is 4.79 Å². The van der Waals surface area contributed by atoms with E-state index in [0.29, 0.717) is 0 Å². The van der Waals surface area contributed by atoms with Gasteiger partial charge in [0, 0.05) is 34.6 Å². The number of aryl methyl sites for hydroxylation is 2. The van der Waals surface area contributed by atoms with Crippen molar-refractivity contribution in [1.82, 2.24) is 9.88 Å². The molecule has 29 heavy (non-hydrogen) atoms. The zero-order chi connectivity index (χ0) is 20.4. The van der Waals surface area contributed by atoms with E-state index >= 15 is 0 Å². The Bertz CT molecular complexity index is 1110. The second kappa shape index (κ2) is 8.13. The van der Waals surface area contributed by atoms with Crippen molar-refractivity contribution in [2.75, 3.05) is 13.7 Å². The molecule has 4 aromatic rings. The first-order chi connectivity index (χ1) is 14.1. The summed E-state index contributed by atoms with van der Waals surface area (Å²) in [6, 6.07) is 18.1. The van der Waals surface area contributed by atoms with Crippen molar-refractivity contribution in [3.63, 3.8) is 0 Å². The normalized spacial score (nSPS) is 12.1. The van der Waals surface area contributed by atoms with E-state index in [-0.39, 0.29) is 18.6 Å². The molecule has 0 bridgehead atoms. The molecule has 4 nitrogen and oxygen atoms in total. The Balaban J connectivity index is 1.62. The van der Waals surface area contributed by atoms with E-state index in [1.54, 1.807) is 16.2 Å². The van der Waals surface area contributed by atoms with Crippen LogP contribution in [0.4, 0.5) is 0 Å². The molecule has 0 fully saturated rings. The van der Waals surface area contributed by atoms with Gasteiger partial charge in [-0.3, -0.25) is 4.79 Å². The quantitative estimate of drug-likeness (QED) is 0.463. The fourth-order valence-electron chi connectivity index (χ4n) is 3.73. The zero-order valence-electron chi connectivity index (χ0n) is 16.8. The number of hydrogen-bond acceptors (Lipinski definition) is 3. The van der Waals surface area contributed by atoms with Gasteiger partial charge in [0.15, 0.2) is 6.61 Å². The Labute approximate surface area is 174 Å². The lowest BCUT2D eigenvalue weighted by Gasteiger charge is -2.28. The molecule has 2 aromatic carbocycles. The maximum absolute atomic E-state index is 13.1. The van der Waals surface area contributed by atoms with Gasteiger partial charge in [-0.15, -0.1) is 11.3 Å². The molecular formula is C24H24N2O2S. The van der Waals surface area contributed by atoms with Crippen LogP contribution in [0.15, 0.2) is 66.2 Å². The van der Waals surface area contributed by atoms with Gasteiger partial charge in [-0.1, -0.05) is 42.5 Å². The van der Waals surface area contributed by atoms with Crippen molar-refractivity contribution in [3.05, 3.63) is 87.7 Å². The number of carbonyl (C=O) groups excluding carboxylic acids is 1. The van der Waals surface area contributed by atoms with E-state index in [2.05, 4.69) is 23.2 Å². The number of ether oxygens (including phenoxy) is 1. The number of H-pyrrole nitrogens is 1. The predicted octanol–water partition coefficient (Wildman–Crippen LogP) is 5.47. The molecule has 1 N–H and O–H groups in total. The molecule has 0 unspecified atom stereocenters. The molecule has 0 radical (unpaired) electrons. The Kier molecular flexibility index (Phi) is 5.41. The highest BCUT2D eigenvalue weighted by atomic mass is 32.1. The number of thiophene rings is 1. The second-order valence-corrected chi connectivity index (χ2v) is 8.20. The third kappa shape index (κ3) is 3.78. The standard InChI is InChI=1S/C24H24N2O2S/c1-16-8-6-9-17(2)24(16)28-15-22(27)26(3)23(21-12-7-13-29-21)19-14-25-20-11-5-4-10-18(19)20/h4-14,23,25H,15H2,1-3H3/t23-/m0/s1. The first kappa shape index (κ1) is 19.3. The Morgan fingerprint density at radius 3 is 2.55 bits per heavy atom. The van der Waals surface area contributed by atoms with E-state index in [1.807, 2.05) is 68.9 Å². The summed E-state index contributed by atoms with van der Waals surface area (Å²) in [7, 11) is 1.85. The first-order valence-electron chi connectivity index (χ1n) is 9.60. The number of aromatic amines is 1. The lowest BCUT2D eigenvalue weighted by molar-refractivity contribution is -0.133. The summed E-state index contributed by atoms with van der Waals surface area (Å²) < 4.78 is 5.93. The van der Waals surface area contributed by atoms with Crippen molar-refractivity contribution in [3.8, 4) is 5.75 Å². The molecule has 1 amide bonds. The molecule has 148 valence electrons. The molecule has 4 rings (SSSR count). The molecule has 0 aliphatic carbocycles. The number of para-hydroxylation sites is 2. The number of fused-ring (bicyclic) bond motifs is 1. The van der Waals surface area contributed by atoms with Crippen LogP contribution in [0.25, 0.3) is 10.9 Å². The number of amides is 1. The second-order valence-electron chi connectivity index (χ2n) is 7.22. The summed E-state index contributed by atoms with van der Waals surface area (Å²) in [4.78, 5) is 19.3. The topological polar surface area (TPSA) is 45.3 Å². The number of nitrogens with zero attached hydrogens (tertiary/aromatic N) is 1. The molecule has 5 heteroatoms. The summed E-state index contributed by atoms with van der Waals surface area (Å²) in [5.74, 6) is 0.727. The SMILES string of the molecule is Cc1cccc(C)c1OCC(=O)N(C)[C@H](c1cccs1)c1c[nH]c2ccccc12. The van der Waals surface area contributed by atoms with Gasteiger partial charge in [0.05, 0.1) is 6.04 Å². The number of benzene rings is 2. The van der Waals surface area contributed by atoms with Crippen molar-refractivity contribution in [1.29, 1.82) is 0 Å². The zero-order valence-corrected chi connectivity index (χ0v) is 17.6. The summed E-state index contributed by atoms with van der Waals surface area (Å²) in [6.45, 7) is 4.00. The monoisotopic (exact) mass is 404 g/mol. The molecule has 1 atom stereocenters. The number of carbonyl (C=O) groups is 1. The summed E-state index contributed by atoms with van der Waals surface area (Å²) >= 11 is 1.65. The molecule has 0 spiro atoms. The molecule has 0 saturated carbocycles. The third-order valence-electron chi connectivity index (χ3n) is 5.26. The highest BCUT2D eigenvalue weighted by Crippen LogP contribution is 2.35. The van der Waals surface area contributed by atoms with Gasteiger partial charge >= 0.3 is 0 Å². The van der Waals surface area contributed by atoms with Crippen LogP contribution < -0.4 is 4.74 Å². The Morgan fingerprint density at radius 1 is 1.07 bits per heavy atom. The van der Waals surface area contributed by atoms with E-state index < -0.39 is 0 Å². The number of aromatic nitrogens is 1. The molecular weight excluding hydrogens is 380 g/mol. The van der Waals surface area contributed by atoms with Gasteiger partial charge in [-0.2, -0.15) is 0 Å². The minimum absolute atomic E-state index is 0.00637. The summed E-state index contributed by atoms with van der Waals surface area (Å²) in [6.07, 6.45) is 2.01. The van der Waals surface area contributed by atoms with Gasteiger partial charge in [-0.05, 0) is 42.5 Å². The Morgan fingerprint density at radius 2 is 1.83 bits per heavy atom. The highest BCUT2D eigenvalue weighted by Gasteiger charge is 2.27. The van der Waals surface area contributed by atoms with Crippen LogP contribution in [0.3, 0.4) is 0 Å². The molecule has 0 saturated heterocycles. The average Bonchev–Trinajstić information content (AvgIpc) is 3.38. The van der Waals surface area contributed by atoms with Crippen molar-refractivity contribution in [2.24, 2.45) is 0 Å². The van der Waals surface area contributed by atoms with Crippen LogP contribution >= 0.6 is 11.3 Å². The first-order valence-corrected chi connectivity index (χ1v) is 10.5. The lowest BCUT2D eigenvalue weighted by Crippen LogP contribution is -2.35. The number of likely N-dealkylation sites (N-methyl/N-ethyl adjacent to an activating group) is 1. The molecule has 0 aliphatic rings. The van der Waals surface area contributed by atoms with Crippen LogP contribution in [-0.2, 0) is 4.79 Å². The number of rotatable bonds is 6. The van der Waals surface area contributed by atoms with Gasteiger partial charge in [0.2, 0.25) is 0 Å². The fraction of sp³-hybridized carbons (Fsp3) is 0.208. The van der Waals surface area contributed by atoms with Crippen LogP contribution in [0.5, 0.6) is 5.75 Å². The van der Waals surface area contributed by atoms with Crippen LogP contribution in [-0.4, -0.2) is 29.4 Å². The van der Waals surface area contributed by atoms with Crippen molar-refractivity contribution >= 4 is 28.1 Å². The lowest BCUT2D eigenvalue weighted by atomic mass is 10.0. The van der Waals surface area contributed by atoms with Crippen LogP contribution in [0.2, 0.25) is 0 Å². The minimum atomic E-state index is -0.166. The van der Waals surface area contributed by atoms with E-state index in [4.69, 9.17) is 4.74 Å². The van der Waals surface area contributed by atoms with Gasteiger partial charge in [-0.25, -0.2) is 0 Å². The van der Waals surface area contributed by atoms with Gasteiger partial charge < -0.3 is 14.6 Å². The number of nitrogens with one attached hydrogen (secondary N) is 1. The van der Waals surface area contributed by atoms with Crippen molar-refractivity contribution in [2.45, 2.75) is 19.9 Å². The minimum Gasteiger partial charge on any atom is -0.483 e. The maximum Gasteiger partial charge on any atom is 0.261 e. The largest absolute Gasteiger partial charge is 0.483 e. The number of hydrogen-bond donors (Lipinski definition) is 1. The highest BCUT2D eigenvalue weighted by molar-refractivity contribution is 7.10. The molecule has 2 heterocycles. The fourth-order valence-corrected chi connectivity index (χ4v) is 4.61. The third-order valence-corrected chi connectivity index (χ3v) is 6.18. The van der Waals surface area contributed by atoms with E-state index in [1.165, 1.54) is 0 Å². The van der Waals surface area contributed by atoms with Crippen molar-refractivity contribution < 1.29 is 9.53 Å². The van der Waals surface area contributed by atoms with E-state index in [0.717, 1.165) is 38.2 Å². The molecule has 2 aromatic heterocycles.